The van der Waals surface area contributed by atoms with Crippen LogP contribution in [0, 0.1) is 11.3 Å². The number of hydrogen-bond donors (Lipinski definition) is 1. The summed E-state index contributed by atoms with van der Waals surface area (Å²) in [5.74, 6) is 0.873. The van der Waals surface area contributed by atoms with Crippen molar-refractivity contribution in [1.29, 1.82) is 5.26 Å². The van der Waals surface area contributed by atoms with Gasteiger partial charge in [0, 0.05) is 11.6 Å². The molecule has 0 unspecified atom stereocenters. The van der Waals surface area contributed by atoms with E-state index in [1.807, 2.05) is 39.8 Å². The van der Waals surface area contributed by atoms with Gasteiger partial charge < -0.3 is 14.8 Å². The third kappa shape index (κ3) is 6.00. The van der Waals surface area contributed by atoms with Crippen LogP contribution in [0.4, 0.5) is 0 Å². The van der Waals surface area contributed by atoms with Crippen LogP contribution >= 0.6 is 0 Å². The van der Waals surface area contributed by atoms with Crippen molar-refractivity contribution < 1.29 is 14.3 Å². The Bertz CT molecular complexity index is 685. The van der Waals surface area contributed by atoms with Gasteiger partial charge >= 0.3 is 0 Å². The summed E-state index contributed by atoms with van der Waals surface area (Å²) in [5, 5.41) is 12.0. The summed E-state index contributed by atoms with van der Waals surface area (Å²) in [5.41, 5.74) is 1.65. The highest BCUT2D eigenvalue weighted by Gasteiger charge is 2.15. The molecule has 25 heavy (non-hydrogen) atoms. The molecule has 5 heteroatoms. The SMILES string of the molecule is C=CCc1cc(/C=C(/C#N)C(=O)NC(C)C)cc(OCC)c1OCC. The van der Waals surface area contributed by atoms with E-state index in [4.69, 9.17) is 9.47 Å². The Morgan fingerprint density at radius 2 is 2.00 bits per heavy atom. The first-order valence-corrected chi connectivity index (χ1v) is 8.42. The molecule has 0 aliphatic heterocycles. The zero-order chi connectivity index (χ0) is 18.8. The molecule has 0 radical (unpaired) electrons. The molecule has 0 spiro atoms. The molecule has 0 aromatic heterocycles. The van der Waals surface area contributed by atoms with Crippen LogP contribution < -0.4 is 14.8 Å². The van der Waals surface area contributed by atoms with E-state index in [-0.39, 0.29) is 11.6 Å². The topological polar surface area (TPSA) is 71.4 Å². The molecule has 1 N–H and O–H groups in total. The van der Waals surface area contributed by atoms with Crippen LogP contribution in [-0.4, -0.2) is 25.2 Å². The first-order valence-electron chi connectivity index (χ1n) is 8.42. The van der Waals surface area contributed by atoms with Crippen molar-refractivity contribution in [3.05, 3.63) is 41.5 Å². The summed E-state index contributed by atoms with van der Waals surface area (Å²) >= 11 is 0. The predicted molar refractivity (Wildman–Crippen MR) is 99.5 cm³/mol. The Hall–Kier alpha value is -2.74. The van der Waals surface area contributed by atoms with Crippen LogP contribution in [-0.2, 0) is 11.2 Å². The second kappa shape index (κ2) is 10.2. The average molecular weight is 342 g/mol. The lowest BCUT2D eigenvalue weighted by molar-refractivity contribution is -0.117. The normalized spacial score (nSPS) is 11.0. The van der Waals surface area contributed by atoms with Crippen LogP contribution in [0.1, 0.15) is 38.8 Å². The maximum atomic E-state index is 12.1. The number of carbonyl (C=O) groups is 1. The Labute approximate surface area is 149 Å². The van der Waals surface area contributed by atoms with Gasteiger partial charge in [-0.1, -0.05) is 6.08 Å². The molecule has 0 aliphatic carbocycles. The third-order valence-corrected chi connectivity index (χ3v) is 3.20. The van der Waals surface area contributed by atoms with E-state index in [1.165, 1.54) is 0 Å². The number of ether oxygens (including phenoxy) is 2. The first kappa shape index (κ1) is 20.3. The van der Waals surface area contributed by atoms with Gasteiger partial charge in [-0.3, -0.25) is 4.79 Å². The number of allylic oxidation sites excluding steroid dienone is 1. The molecular weight excluding hydrogens is 316 g/mol. The summed E-state index contributed by atoms with van der Waals surface area (Å²) < 4.78 is 11.4. The molecule has 134 valence electrons. The molecule has 0 saturated carbocycles. The van der Waals surface area contributed by atoms with E-state index < -0.39 is 5.91 Å². The van der Waals surface area contributed by atoms with E-state index in [1.54, 1.807) is 18.2 Å². The summed E-state index contributed by atoms with van der Waals surface area (Å²) in [7, 11) is 0. The number of nitriles is 1. The molecule has 0 fully saturated rings. The second-order valence-corrected chi connectivity index (χ2v) is 5.66. The van der Waals surface area contributed by atoms with E-state index in [0.717, 1.165) is 5.56 Å². The lowest BCUT2D eigenvalue weighted by atomic mass is 10.0. The zero-order valence-corrected chi connectivity index (χ0v) is 15.4. The van der Waals surface area contributed by atoms with Crippen LogP contribution in [0.25, 0.3) is 6.08 Å². The molecular formula is C20H26N2O3. The fourth-order valence-electron chi connectivity index (χ4n) is 2.30. The predicted octanol–water partition coefficient (Wildman–Crippen LogP) is 3.64. The molecule has 0 heterocycles. The highest BCUT2D eigenvalue weighted by molar-refractivity contribution is 6.01. The molecule has 1 rings (SSSR count). The summed E-state index contributed by atoms with van der Waals surface area (Å²) in [4.78, 5) is 12.1. The van der Waals surface area contributed by atoms with E-state index in [9.17, 15) is 10.1 Å². The van der Waals surface area contributed by atoms with Gasteiger partial charge in [0.1, 0.15) is 11.6 Å². The van der Waals surface area contributed by atoms with Crippen molar-refractivity contribution >= 4 is 12.0 Å². The Balaban J connectivity index is 3.38. The van der Waals surface area contributed by atoms with Crippen LogP contribution in [0.5, 0.6) is 11.5 Å². The van der Waals surface area contributed by atoms with E-state index in [0.29, 0.717) is 36.7 Å². The van der Waals surface area contributed by atoms with Crippen molar-refractivity contribution in [3.8, 4) is 17.6 Å². The lowest BCUT2D eigenvalue weighted by Gasteiger charge is -2.16. The smallest absolute Gasteiger partial charge is 0.262 e. The van der Waals surface area contributed by atoms with Gasteiger partial charge in [0.15, 0.2) is 11.5 Å². The molecule has 1 aromatic rings. The molecule has 0 aliphatic rings. The molecule has 0 saturated heterocycles. The van der Waals surface area contributed by atoms with Crippen molar-refractivity contribution in [2.75, 3.05) is 13.2 Å². The zero-order valence-electron chi connectivity index (χ0n) is 15.4. The van der Waals surface area contributed by atoms with Gasteiger partial charge in [0.25, 0.3) is 5.91 Å². The maximum absolute atomic E-state index is 12.1. The van der Waals surface area contributed by atoms with E-state index >= 15 is 0 Å². The monoisotopic (exact) mass is 342 g/mol. The maximum Gasteiger partial charge on any atom is 0.262 e. The van der Waals surface area contributed by atoms with Crippen LogP contribution in [0.2, 0.25) is 0 Å². The van der Waals surface area contributed by atoms with Crippen molar-refractivity contribution in [2.24, 2.45) is 0 Å². The van der Waals surface area contributed by atoms with Crippen LogP contribution in [0.15, 0.2) is 30.4 Å². The highest BCUT2D eigenvalue weighted by Crippen LogP contribution is 2.34. The molecule has 0 atom stereocenters. The number of nitrogens with zero attached hydrogens (tertiary/aromatic N) is 1. The largest absolute Gasteiger partial charge is 0.490 e. The fourth-order valence-corrected chi connectivity index (χ4v) is 2.30. The quantitative estimate of drug-likeness (QED) is 0.422. The van der Waals surface area contributed by atoms with Gasteiger partial charge in [0.05, 0.1) is 13.2 Å². The number of nitrogens with one attached hydrogen (secondary N) is 1. The number of amides is 1. The summed E-state index contributed by atoms with van der Waals surface area (Å²) in [6.45, 7) is 12.3. The Kier molecular flexibility index (Phi) is 8.28. The number of rotatable bonds is 9. The first-order chi connectivity index (χ1) is 12.0. The van der Waals surface area contributed by atoms with Crippen LogP contribution in [0.3, 0.4) is 0 Å². The van der Waals surface area contributed by atoms with Gasteiger partial charge in [-0.15, -0.1) is 6.58 Å². The highest BCUT2D eigenvalue weighted by atomic mass is 16.5. The number of carbonyl (C=O) groups excluding carboxylic acids is 1. The minimum atomic E-state index is -0.394. The molecule has 0 bridgehead atoms. The number of benzene rings is 1. The molecule has 5 nitrogen and oxygen atoms in total. The van der Waals surface area contributed by atoms with Gasteiger partial charge in [-0.05, 0) is 57.9 Å². The third-order valence-electron chi connectivity index (χ3n) is 3.20. The fraction of sp³-hybridized carbons (Fsp3) is 0.400. The standard InChI is InChI=1S/C20H26N2O3/c1-6-9-16-10-15(11-17(13-21)20(23)22-14(4)5)12-18(24-7-2)19(16)25-8-3/h6,10-12,14H,1,7-9H2,2-5H3,(H,22,23)/b17-11-. The minimum absolute atomic E-state index is 0.0418. The van der Waals surface area contributed by atoms with E-state index in [2.05, 4.69) is 11.9 Å². The van der Waals surface area contributed by atoms with Gasteiger partial charge in [-0.2, -0.15) is 5.26 Å². The lowest BCUT2D eigenvalue weighted by Crippen LogP contribution is -2.30. The van der Waals surface area contributed by atoms with Gasteiger partial charge in [-0.25, -0.2) is 0 Å². The van der Waals surface area contributed by atoms with Crippen molar-refractivity contribution in [1.82, 2.24) is 5.32 Å². The summed E-state index contributed by atoms with van der Waals surface area (Å²) in [6.07, 6.45) is 3.93. The van der Waals surface area contributed by atoms with Gasteiger partial charge in [0.2, 0.25) is 0 Å². The summed E-state index contributed by atoms with van der Waals surface area (Å²) in [6, 6.07) is 5.58. The second-order valence-electron chi connectivity index (χ2n) is 5.66. The molecule has 1 aromatic carbocycles. The average Bonchev–Trinajstić information content (AvgIpc) is 2.55. The molecule has 1 amide bonds. The van der Waals surface area contributed by atoms with Crippen molar-refractivity contribution in [2.45, 2.75) is 40.2 Å². The van der Waals surface area contributed by atoms with Crippen molar-refractivity contribution in [3.63, 3.8) is 0 Å². The minimum Gasteiger partial charge on any atom is -0.490 e. The Morgan fingerprint density at radius 1 is 1.32 bits per heavy atom. The number of hydrogen-bond acceptors (Lipinski definition) is 4. The Morgan fingerprint density at radius 3 is 2.52 bits per heavy atom.